The Balaban J connectivity index is 1.86. The van der Waals surface area contributed by atoms with Crippen molar-refractivity contribution in [1.29, 1.82) is 0 Å². The van der Waals surface area contributed by atoms with Crippen molar-refractivity contribution in [1.82, 2.24) is 9.78 Å². The average molecular weight is 267 g/mol. The van der Waals surface area contributed by atoms with Crippen LogP contribution in [-0.2, 0) is 6.54 Å². The summed E-state index contributed by atoms with van der Waals surface area (Å²) < 4.78 is 7.13. The zero-order valence-electron chi connectivity index (χ0n) is 10.1. The standard InChI is InChI=1S/C13H15ClN2O2/c1-10-7-13(14)15-16(10)8-11(17)9-18-12-5-3-2-4-6-12/h2-7,11,17H,8-9H2,1H3. The average Bonchev–Trinajstić information content (AvgIpc) is 2.67. The molecule has 0 aliphatic carbocycles. The topological polar surface area (TPSA) is 47.3 Å². The molecule has 1 heterocycles. The van der Waals surface area contributed by atoms with E-state index in [0.29, 0.717) is 11.7 Å². The second-order valence-corrected chi connectivity index (χ2v) is 4.46. The van der Waals surface area contributed by atoms with Gasteiger partial charge in [-0.15, -0.1) is 0 Å². The normalized spacial score (nSPS) is 12.4. The highest BCUT2D eigenvalue weighted by Crippen LogP contribution is 2.11. The van der Waals surface area contributed by atoms with E-state index in [4.69, 9.17) is 16.3 Å². The molecule has 0 amide bonds. The molecule has 2 aromatic rings. The number of aryl methyl sites for hydroxylation is 1. The van der Waals surface area contributed by atoms with Gasteiger partial charge in [0.2, 0.25) is 0 Å². The molecule has 18 heavy (non-hydrogen) atoms. The van der Waals surface area contributed by atoms with Crippen molar-refractivity contribution in [3.63, 3.8) is 0 Å². The van der Waals surface area contributed by atoms with Crippen molar-refractivity contribution in [2.75, 3.05) is 6.61 Å². The fourth-order valence-electron chi connectivity index (χ4n) is 1.62. The maximum absolute atomic E-state index is 9.87. The van der Waals surface area contributed by atoms with Gasteiger partial charge >= 0.3 is 0 Å². The van der Waals surface area contributed by atoms with Crippen LogP contribution in [0.25, 0.3) is 0 Å². The van der Waals surface area contributed by atoms with E-state index >= 15 is 0 Å². The minimum absolute atomic E-state index is 0.223. The summed E-state index contributed by atoms with van der Waals surface area (Å²) in [7, 11) is 0. The monoisotopic (exact) mass is 266 g/mol. The number of nitrogens with zero attached hydrogens (tertiary/aromatic N) is 2. The van der Waals surface area contributed by atoms with Crippen LogP contribution in [-0.4, -0.2) is 27.6 Å². The third kappa shape index (κ3) is 3.48. The Morgan fingerprint density at radius 1 is 1.39 bits per heavy atom. The molecule has 96 valence electrons. The van der Waals surface area contributed by atoms with Gasteiger partial charge in [0.05, 0.1) is 6.54 Å². The lowest BCUT2D eigenvalue weighted by Crippen LogP contribution is -2.24. The Morgan fingerprint density at radius 2 is 2.11 bits per heavy atom. The van der Waals surface area contributed by atoms with Crippen molar-refractivity contribution >= 4 is 11.6 Å². The van der Waals surface area contributed by atoms with E-state index in [1.54, 1.807) is 10.7 Å². The zero-order valence-corrected chi connectivity index (χ0v) is 10.8. The highest BCUT2D eigenvalue weighted by Gasteiger charge is 2.09. The first-order valence-electron chi connectivity index (χ1n) is 5.71. The highest BCUT2D eigenvalue weighted by atomic mass is 35.5. The molecule has 1 aromatic carbocycles. The molecule has 0 fully saturated rings. The number of aliphatic hydroxyl groups excluding tert-OH is 1. The first-order valence-corrected chi connectivity index (χ1v) is 6.09. The molecule has 0 aliphatic heterocycles. The van der Waals surface area contributed by atoms with Gasteiger partial charge in [-0.05, 0) is 25.1 Å². The first-order chi connectivity index (χ1) is 8.65. The van der Waals surface area contributed by atoms with Crippen LogP contribution >= 0.6 is 11.6 Å². The summed E-state index contributed by atoms with van der Waals surface area (Å²) in [5.74, 6) is 0.742. The van der Waals surface area contributed by atoms with Gasteiger partial charge in [0.1, 0.15) is 18.5 Å². The number of benzene rings is 1. The molecule has 0 saturated carbocycles. The lowest BCUT2D eigenvalue weighted by atomic mass is 10.3. The zero-order chi connectivity index (χ0) is 13.0. The first kappa shape index (κ1) is 12.9. The number of para-hydroxylation sites is 1. The van der Waals surface area contributed by atoms with E-state index in [0.717, 1.165) is 11.4 Å². The number of hydrogen-bond acceptors (Lipinski definition) is 3. The van der Waals surface area contributed by atoms with Gasteiger partial charge in [-0.25, -0.2) is 0 Å². The van der Waals surface area contributed by atoms with Gasteiger partial charge in [0, 0.05) is 5.69 Å². The molecule has 0 aliphatic rings. The van der Waals surface area contributed by atoms with E-state index < -0.39 is 6.10 Å². The minimum Gasteiger partial charge on any atom is -0.491 e. The van der Waals surface area contributed by atoms with Crippen LogP contribution in [0.3, 0.4) is 0 Å². The SMILES string of the molecule is Cc1cc(Cl)nn1CC(O)COc1ccccc1. The molecule has 1 unspecified atom stereocenters. The van der Waals surface area contributed by atoms with Gasteiger partial charge in [-0.2, -0.15) is 5.10 Å². The molecular formula is C13H15ClN2O2. The largest absolute Gasteiger partial charge is 0.491 e. The van der Waals surface area contributed by atoms with Crippen LogP contribution in [0.4, 0.5) is 0 Å². The molecule has 0 bridgehead atoms. The van der Waals surface area contributed by atoms with Crippen LogP contribution in [0.1, 0.15) is 5.69 Å². The van der Waals surface area contributed by atoms with Crippen LogP contribution in [0, 0.1) is 6.92 Å². The van der Waals surface area contributed by atoms with Crippen LogP contribution < -0.4 is 4.74 Å². The number of aromatic nitrogens is 2. The summed E-state index contributed by atoms with van der Waals surface area (Å²) in [6.07, 6.45) is -0.625. The molecule has 5 heteroatoms. The highest BCUT2D eigenvalue weighted by molar-refractivity contribution is 6.29. The van der Waals surface area contributed by atoms with Crippen molar-refractivity contribution in [2.24, 2.45) is 0 Å². The van der Waals surface area contributed by atoms with Gasteiger partial charge in [-0.1, -0.05) is 29.8 Å². The fraction of sp³-hybridized carbons (Fsp3) is 0.308. The van der Waals surface area contributed by atoms with Crippen LogP contribution in [0.5, 0.6) is 5.75 Å². The lowest BCUT2D eigenvalue weighted by Gasteiger charge is -2.13. The predicted molar refractivity (Wildman–Crippen MR) is 69.9 cm³/mol. The molecule has 1 N–H and O–H groups in total. The quantitative estimate of drug-likeness (QED) is 0.903. The third-order valence-corrected chi connectivity index (χ3v) is 2.71. The van der Waals surface area contributed by atoms with Crippen molar-refractivity contribution in [2.45, 2.75) is 19.6 Å². The van der Waals surface area contributed by atoms with E-state index in [9.17, 15) is 5.11 Å². The Hall–Kier alpha value is -1.52. The summed E-state index contributed by atoms with van der Waals surface area (Å²) in [6.45, 7) is 2.48. The summed E-state index contributed by atoms with van der Waals surface area (Å²) in [5.41, 5.74) is 0.916. The summed E-state index contributed by atoms with van der Waals surface area (Å²) >= 11 is 5.78. The van der Waals surface area contributed by atoms with E-state index in [2.05, 4.69) is 5.10 Å². The van der Waals surface area contributed by atoms with Gasteiger partial charge in [0.15, 0.2) is 5.15 Å². The molecule has 0 saturated heterocycles. The molecule has 1 atom stereocenters. The van der Waals surface area contributed by atoms with E-state index in [-0.39, 0.29) is 6.61 Å². The maximum atomic E-state index is 9.87. The van der Waals surface area contributed by atoms with Gasteiger partial charge < -0.3 is 9.84 Å². The molecule has 0 radical (unpaired) electrons. The van der Waals surface area contributed by atoms with E-state index in [1.807, 2.05) is 37.3 Å². The Labute approximate surface area is 111 Å². The number of halogens is 1. The number of hydrogen-bond donors (Lipinski definition) is 1. The van der Waals surface area contributed by atoms with Crippen molar-refractivity contribution in [3.05, 3.63) is 47.2 Å². The van der Waals surface area contributed by atoms with Gasteiger partial charge in [0.25, 0.3) is 0 Å². The lowest BCUT2D eigenvalue weighted by molar-refractivity contribution is 0.0888. The third-order valence-electron chi connectivity index (χ3n) is 2.52. The Morgan fingerprint density at radius 3 is 2.72 bits per heavy atom. The summed E-state index contributed by atoms with van der Waals surface area (Å²) in [5, 5.41) is 14.4. The fourth-order valence-corrected chi connectivity index (χ4v) is 1.87. The smallest absolute Gasteiger partial charge is 0.151 e. The number of aliphatic hydroxyl groups is 1. The summed E-state index contributed by atoms with van der Waals surface area (Å²) in [4.78, 5) is 0. The Bertz CT molecular complexity index is 499. The molecule has 1 aromatic heterocycles. The molecular weight excluding hydrogens is 252 g/mol. The predicted octanol–water partition coefficient (Wildman–Crippen LogP) is 2.28. The van der Waals surface area contributed by atoms with Crippen LogP contribution in [0.2, 0.25) is 5.15 Å². The second-order valence-electron chi connectivity index (χ2n) is 4.07. The summed E-state index contributed by atoms with van der Waals surface area (Å²) in [6, 6.07) is 11.1. The molecule has 0 spiro atoms. The molecule has 2 rings (SSSR count). The Kier molecular flexibility index (Phi) is 4.23. The van der Waals surface area contributed by atoms with Crippen molar-refractivity contribution in [3.8, 4) is 5.75 Å². The van der Waals surface area contributed by atoms with E-state index in [1.165, 1.54) is 0 Å². The maximum Gasteiger partial charge on any atom is 0.151 e. The molecule has 4 nitrogen and oxygen atoms in total. The number of ether oxygens (including phenoxy) is 1. The van der Waals surface area contributed by atoms with Crippen LogP contribution in [0.15, 0.2) is 36.4 Å². The van der Waals surface area contributed by atoms with Gasteiger partial charge in [-0.3, -0.25) is 4.68 Å². The number of rotatable bonds is 5. The second kappa shape index (κ2) is 5.89. The minimum atomic E-state index is -0.625. The van der Waals surface area contributed by atoms with Crippen molar-refractivity contribution < 1.29 is 9.84 Å².